The molecule has 7 heteroatoms. The first-order chi connectivity index (χ1) is 13.5. The van der Waals surface area contributed by atoms with Gasteiger partial charge in [0.2, 0.25) is 0 Å². The van der Waals surface area contributed by atoms with Crippen LogP contribution < -0.4 is 10.1 Å². The summed E-state index contributed by atoms with van der Waals surface area (Å²) in [4.78, 5) is 18.6. The van der Waals surface area contributed by atoms with E-state index < -0.39 is 0 Å². The highest BCUT2D eigenvalue weighted by atomic mass is 32.1. The third kappa shape index (κ3) is 3.54. The van der Waals surface area contributed by atoms with Gasteiger partial charge in [0.1, 0.15) is 5.75 Å². The van der Waals surface area contributed by atoms with Crippen molar-refractivity contribution in [3.05, 3.63) is 46.6 Å². The normalized spacial score (nSPS) is 13.8. The number of amides is 1. The summed E-state index contributed by atoms with van der Waals surface area (Å²) in [7, 11) is 1.65. The molecule has 1 N–H and O–H groups in total. The van der Waals surface area contributed by atoms with E-state index in [1.165, 1.54) is 11.3 Å². The standard InChI is InChI=1S/C21H24N4O2S/c1-12(2)25-19(15-5-6-15)17(11-22-25)20(26)24-21-23-18(13(3)28-21)14-7-9-16(27-4)10-8-14/h7-12,15H,5-6H2,1-4H3,(H,23,24,26). The average Bonchev–Trinajstić information content (AvgIpc) is 3.31. The Morgan fingerprint density at radius 3 is 2.61 bits per heavy atom. The molecule has 2 aromatic heterocycles. The van der Waals surface area contributed by atoms with Gasteiger partial charge in [-0.05, 0) is 57.9 Å². The maximum atomic E-state index is 12.9. The number of nitrogens with zero attached hydrogens (tertiary/aromatic N) is 3. The van der Waals surface area contributed by atoms with Gasteiger partial charge in [-0.3, -0.25) is 14.8 Å². The van der Waals surface area contributed by atoms with Crippen LogP contribution in [-0.4, -0.2) is 27.8 Å². The Morgan fingerprint density at radius 2 is 2.00 bits per heavy atom. The van der Waals surface area contributed by atoms with Gasteiger partial charge in [0, 0.05) is 22.4 Å². The minimum Gasteiger partial charge on any atom is -0.497 e. The molecule has 6 nitrogen and oxygen atoms in total. The zero-order valence-electron chi connectivity index (χ0n) is 16.5. The van der Waals surface area contributed by atoms with E-state index in [-0.39, 0.29) is 11.9 Å². The SMILES string of the molecule is COc1ccc(-c2nc(NC(=O)c3cnn(C(C)C)c3C3CC3)sc2C)cc1. The topological polar surface area (TPSA) is 69.0 Å². The maximum Gasteiger partial charge on any atom is 0.260 e. The molecular weight excluding hydrogens is 372 g/mol. The summed E-state index contributed by atoms with van der Waals surface area (Å²) in [6.45, 7) is 6.19. The fourth-order valence-corrected chi connectivity index (χ4v) is 4.18. The second-order valence-electron chi connectivity index (χ2n) is 7.36. The highest BCUT2D eigenvalue weighted by molar-refractivity contribution is 7.16. The molecule has 1 aliphatic carbocycles. The molecule has 1 saturated carbocycles. The van der Waals surface area contributed by atoms with Gasteiger partial charge in [-0.15, -0.1) is 11.3 Å². The first kappa shape index (κ1) is 18.7. The Bertz CT molecular complexity index is 1000. The van der Waals surface area contributed by atoms with Crippen molar-refractivity contribution in [2.45, 2.75) is 45.6 Å². The number of thiazole rings is 1. The van der Waals surface area contributed by atoms with E-state index in [0.717, 1.165) is 40.4 Å². The lowest BCUT2D eigenvalue weighted by molar-refractivity contribution is 0.102. The molecule has 0 radical (unpaired) electrons. The van der Waals surface area contributed by atoms with E-state index in [2.05, 4.69) is 29.2 Å². The number of aryl methyl sites for hydroxylation is 1. The number of rotatable bonds is 6. The molecule has 2 heterocycles. The van der Waals surface area contributed by atoms with Gasteiger partial charge in [-0.25, -0.2) is 4.98 Å². The van der Waals surface area contributed by atoms with Crippen molar-refractivity contribution in [1.82, 2.24) is 14.8 Å². The molecule has 1 aromatic carbocycles. The summed E-state index contributed by atoms with van der Waals surface area (Å²) in [5.41, 5.74) is 3.59. The van der Waals surface area contributed by atoms with Crippen LogP contribution in [0.2, 0.25) is 0 Å². The van der Waals surface area contributed by atoms with Gasteiger partial charge in [-0.1, -0.05) is 0 Å². The zero-order valence-corrected chi connectivity index (χ0v) is 17.3. The Hall–Kier alpha value is -2.67. The monoisotopic (exact) mass is 396 g/mol. The first-order valence-corrected chi connectivity index (χ1v) is 10.3. The van der Waals surface area contributed by atoms with Crippen molar-refractivity contribution < 1.29 is 9.53 Å². The fraction of sp³-hybridized carbons (Fsp3) is 0.381. The number of benzene rings is 1. The van der Waals surface area contributed by atoms with Crippen molar-refractivity contribution in [3.8, 4) is 17.0 Å². The third-order valence-electron chi connectivity index (χ3n) is 4.91. The number of ether oxygens (including phenoxy) is 1. The highest BCUT2D eigenvalue weighted by Gasteiger charge is 2.33. The van der Waals surface area contributed by atoms with Crippen LogP contribution in [0.5, 0.6) is 5.75 Å². The highest BCUT2D eigenvalue weighted by Crippen LogP contribution is 2.42. The van der Waals surface area contributed by atoms with E-state index in [0.29, 0.717) is 16.6 Å². The van der Waals surface area contributed by atoms with E-state index in [1.54, 1.807) is 13.3 Å². The molecular formula is C21H24N4O2S. The Balaban J connectivity index is 1.57. The van der Waals surface area contributed by atoms with E-state index in [4.69, 9.17) is 4.74 Å². The van der Waals surface area contributed by atoms with Gasteiger partial charge in [0.25, 0.3) is 5.91 Å². The molecule has 0 saturated heterocycles. The number of nitrogens with one attached hydrogen (secondary N) is 1. The second kappa shape index (κ2) is 7.39. The molecule has 28 heavy (non-hydrogen) atoms. The lowest BCUT2D eigenvalue weighted by Gasteiger charge is -2.11. The van der Waals surface area contributed by atoms with Crippen molar-refractivity contribution in [3.63, 3.8) is 0 Å². The summed E-state index contributed by atoms with van der Waals surface area (Å²) < 4.78 is 7.19. The van der Waals surface area contributed by atoms with Crippen LogP contribution >= 0.6 is 11.3 Å². The lowest BCUT2D eigenvalue weighted by Crippen LogP contribution is -2.15. The number of methoxy groups -OCH3 is 1. The van der Waals surface area contributed by atoms with Gasteiger partial charge in [0.15, 0.2) is 5.13 Å². The Morgan fingerprint density at radius 1 is 1.29 bits per heavy atom. The van der Waals surface area contributed by atoms with Gasteiger partial charge in [0.05, 0.1) is 30.3 Å². The number of carbonyl (C=O) groups excluding carboxylic acids is 1. The van der Waals surface area contributed by atoms with Crippen molar-refractivity contribution in [1.29, 1.82) is 0 Å². The fourth-order valence-electron chi connectivity index (χ4n) is 3.35. The minimum absolute atomic E-state index is 0.135. The molecule has 0 bridgehead atoms. The minimum atomic E-state index is -0.135. The lowest BCUT2D eigenvalue weighted by atomic mass is 10.1. The van der Waals surface area contributed by atoms with E-state index in [1.807, 2.05) is 35.9 Å². The first-order valence-electron chi connectivity index (χ1n) is 9.48. The van der Waals surface area contributed by atoms with Crippen LogP contribution in [0.4, 0.5) is 5.13 Å². The molecule has 3 aromatic rings. The predicted octanol–water partition coefficient (Wildman–Crippen LogP) is 5.03. The van der Waals surface area contributed by atoms with Gasteiger partial charge >= 0.3 is 0 Å². The number of hydrogen-bond acceptors (Lipinski definition) is 5. The average molecular weight is 397 g/mol. The molecule has 0 aliphatic heterocycles. The van der Waals surface area contributed by atoms with Crippen molar-refractivity contribution in [2.24, 2.45) is 0 Å². The largest absolute Gasteiger partial charge is 0.497 e. The molecule has 1 amide bonds. The molecule has 0 unspecified atom stereocenters. The second-order valence-corrected chi connectivity index (χ2v) is 8.57. The molecule has 1 fully saturated rings. The van der Waals surface area contributed by atoms with Crippen molar-refractivity contribution in [2.75, 3.05) is 12.4 Å². The Labute approximate surface area is 168 Å². The van der Waals surface area contributed by atoms with E-state index >= 15 is 0 Å². The number of carbonyl (C=O) groups is 1. The molecule has 1 aliphatic rings. The molecule has 0 atom stereocenters. The van der Waals surface area contributed by atoms with Gasteiger partial charge in [-0.2, -0.15) is 5.10 Å². The summed E-state index contributed by atoms with van der Waals surface area (Å²) >= 11 is 1.48. The summed E-state index contributed by atoms with van der Waals surface area (Å²) in [5.74, 6) is 1.11. The summed E-state index contributed by atoms with van der Waals surface area (Å²) in [6.07, 6.45) is 3.93. The number of anilines is 1. The number of hydrogen-bond donors (Lipinski definition) is 1. The summed E-state index contributed by atoms with van der Waals surface area (Å²) in [6, 6.07) is 8.01. The van der Waals surface area contributed by atoms with E-state index in [9.17, 15) is 4.79 Å². The van der Waals surface area contributed by atoms with Crippen LogP contribution in [0.15, 0.2) is 30.5 Å². The number of aromatic nitrogens is 3. The smallest absolute Gasteiger partial charge is 0.260 e. The summed E-state index contributed by atoms with van der Waals surface area (Å²) in [5, 5.41) is 8.03. The van der Waals surface area contributed by atoms with Crippen LogP contribution in [0.3, 0.4) is 0 Å². The molecule has 4 rings (SSSR count). The van der Waals surface area contributed by atoms with Crippen LogP contribution in [0, 0.1) is 6.92 Å². The quantitative estimate of drug-likeness (QED) is 0.634. The molecule has 0 spiro atoms. The van der Waals surface area contributed by atoms with Gasteiger partial charge < -0.3 is 4.74 Å². The molecule has 146 valence electrons. The third-order valence-corrected chi connectivity index (χ3v) is 5.80. The zero-order chi connectivity index (χ0) is 19.8. The van der Waals surface area contributed by atoms with Crippen LogP contribution in [-0.2, 0) is 0 Å². The predicted molar refractivity (Wildman–Crippen MR) is 111 cm³/mol. The van der Waals surface area contributed by atoms with Crippen LogP contribution in [0.25, 0.3) is 11.3 Å². The van der Waals surface area contributed by atoms with Crippen LogP contribution in [0.1, 0.15) is 59.6 Å². The maximum absolute atomic E-state index is 12.9. The Kier molecular flexibility index (Phi) is 4.93. The van der Waals surface area contributed by atoms with Crippen molar-refractivity contribution >= 4 is 22.4 Å².